The van der Waals surface area contributed by atoms with Gasteiger partial charge in [-0.25, -0.2) is 4.79 Å². The molecule has 4 bridgehead atoms. The van der Waals surface area contributed by atoms with Crippen LogP contribution in [-0.2, 0) is 32.7 Å². The van der Waals surface area contributed by atoms with Crippen LogP contribution in [-0.4, -0.2) is 84.8 Å². The molecule has 0 radical (unpaired) electrons. The molecule has 7 atom stereocenters. The number of likely N-dealkylation sites (N-methyl/N-ethyl adjacent to an activating group) is 1. The van der Waals surface area contributed by atoms with Gasteiger partial charge in [-0.1, -0.05) is 24.3 Å². The van der Waals surface area contributed by atoms with Crippen LogP contribution in [0.5, 0.6) is 28.7 Å². The van der Waals surface area contributed by atoms with Gasteiger partial charge in [0.2, 0.25) is 6.79 Å². The van der Waals surface area contributed by atoms with E-state index in [2.05, 4.69) is 35.2 Å². The summed E-state index contributed by atoms with van der Waals surface area (Å²) in [6.07, 6.45) is 1.42. The van der Waals surface area contributed by atoms with Crippen molar-refractivity contribution in [1.29, 1.82) is 0 Å². The Bertz CT molecular complexity index is 2290. The summed E-state index contributed by atoms with van der Waals surface area (Å²) in [6, 6.07) is 9.02. The fourth-order valence-corrected chi connectivity index (χ4v) is 12.3. The molecule has 2 N–H and O–H groups in total. The molecule has 0 amide bonds. The molecule has 7 aliphatic rings. The molecule has 0 saturated carbocycles. The van der Waals surface area contributed by atoms with Gasteiger partial charge < -0.3 is 33.2 Å². The maximum absolute atomic E-state index is 14.8. The zero-order valence-electron chi connectivity index (χ0n) is 31.1. The predicted molar refractivity (Wildman–Crippen MR) is 200 cm³/mol. The molecule has 13 heteroatoms. The lowest BCUT2D eigenvalue weighted by Gasteiger charge is -2.63. The number of aryl methyl sites for hydroxylation is 1. The summed E-state index contributed by atoms with van der Waals surface area (Å²) >= 11 is 1.61. The van der Waals surface area contributed by atoms with Crippen LogP contribution >= 0.6 is 11.8 Å². The minimum Gasteiger partial charge on any atom is -0.504 e. The summed E-state index contributed by atoms with van der Waals surface area (Å²) in [4.78, 5) is 32.6. The van der Waals surface area contributed by atoms with Gasteiger partial charge in [0.15, 0.2) is 28.5 Å². The van der Waals surface area contributed by atoms with Crippen LogP contribution in [0.3, 0.4) is 0 Å². The Morgan fingerprint density at radius 3 is 2.69 bits per heavy atom. The summed E-state index contributed by atoms with van der Waals surface area (Å²) in [5, 5.41) is 16.3. The van der Waals surface area contributed by atoms with Gasteiger partial charge in [-0.3, -0.25) is 19.9 Å². The van der Waals surface area contributed by atoms with Crippen LogP contribution in [0, 0.1) is 13.8 Å². The lowest BCUT2D eigenvalue weighted by Crippen LogP contribution is -2.69. The van der Waals surface area contributed by atoms with Crippen molar-refractivity contribution in [2.24, 2.45) is 0 Å². The maximum Gasteiger partial charge on any atom is 0.335 e. The number of benzene rings is 3. The number of carbonyl (C=O) groups excluding carboxylic acids is 2. The smallest absolute Gasteiger partial charge is 0.335 e. The Morgan fingerprint density at radius 2 is 1.89 bits per heavy atom. The monoisotopic (exact) mass is 753 g/mol. The molecule has 0 aliphatic carbocycles. The Hall–Kier alpha value is -4.43. The van der Waals surface area contributed by atoms with Gasteiger partial charge >= 0.3 is 11.9 Å². The number of piperazine rings is 1. The maximum atomic E-state index is 14.8. The molecule has 3 aromatic carbocycles. The standard InChI is InChI=1S/C41H43N3O9S/c1-18-13-22-14-25-20(3)44-26-15-49-40(47)41(39-24(11-12-42-41)23-9-7-8-10-27(23)53-39)16-54-38(32(44)31(43(25)5)28(22)33(46)34(18)48-6)30-29(26)37-36(50-17-51-37)19(2)35(30)52-21(4)45/h7-10,13,20,25-26,31-32,38,42,46H,11-12,14-17H2,1-6H3/t20-,25?,26-,31-,32+,38+,41+/m0/s1. The minimum atomic E-state index is -1.28. The molecule has 1 spiro atoms. The quantitative estimate of drug-likeness (QED) is 0.197. The van der Waals surface area contributed by atoms with Crippen LogP contribution in [0.15, 0.2) is 34.7 Å². The van der Waals surface area contributed by atoms with E-state index in [1.165, 1.54) is 6.92 Å². The molecule has 54 heavy (non-hydrogen) atoms. The number of furan rings is 1. The van der Waals surface area contributed by atoms with Gasteiger partial charge in [0.05, 0.1) is 24.4 Å². The number of methoxy groups -OCH3 is 1. The number of hydrogen-bond acceptors (Lipinski definition) is 13. The van der Waals surface area contributed by atoms with Gasteiger partial charge in [-0.2, -0.15) is 0 Å². The van der Waals surface area contributed by atoms with Gasteiger partial charge in [0, 0.05) is 70.6 Å². The van der Waals surface area contributed by atoms with Crippen molar-refractivity contribution in [2.45, 2.75) is 81.5 Å². The van der Waals surface area contributed by atoms with E-state index in [-0.39, 0.29) is 49.1 Å². The van der Waals surface area contributed by atoms with Crippen LogP contribution in [0.4, 0.5) is 0 Å². The lowest BCUT2D eigenvalue weighted by molar-refractivity contribution is -0.159. The van der Waals surface area contributed by atoms with E-state index in [0.29, 0.717) is 53.7 Å². The van der Waals surface area contributed by atoms with Gasteiger partial charge in [0.25, 0.3) is 0 Å². The highest BCUT2D eigenvalue weighted by atomic mass is 32.2. The zero-order valence-corrected chi connectivity index (χ0v) is 31.9. The number of esters is 2. The van der Waals surface area contributed by atoms with Crippen molar-refractivity contribution in [2.75, 3.05) is 39.9 Å². The van der Waals surface area contributed by atoms with E-state index in [1.54, 1.807) is 18.9 Å². The molecule has 2 fully saturated rings. The lowest BCUT2D eigenvalue weighted by atomic mass is 9.71. The first-order chi connectivity index (χ1) is 26.1. The molecule has 4 aromatic rings. The Morgan fingerprint density at radius 1 is 1.09 bits per heavy atom. The Kier molecular flexibility index (Phi) is 7.60. The van der Waals surface area contributed by atoms with Crippen LogP contribution < -0.4 is 24.3 Å². The van der Waals surface area contributed by atoms with Crippen LogP contribution in [0.25, 0.3) is 11.0 Å². The van der Waals surface area contributed by atoms with Crippen molar-refractivity contribution >= 4 is 34.7 Å². The molecule has 2 saturated heterocycles. The predicted octanol–water partition coefficient (Wildman–Crippen LogP) is 5.52. The van der Waals surface area contributed by atoms with Crippen molar-refractivity contribution in [3.63, 3.8) is 0 Å². The van der Waals surface area contributed by atoms with E-state index >= 15 is 0 Å². The minimum absolute atomic E-state index is 0.000632. The largest absolute Gasteiger partial charge is 0.504 e. The summed E-state index contributed by atoms with van der Waals surface area (Å²) in [5.74, 6) is 2.15. The molecular weight excluding hydrogens is 711 g/mol. The fraction of sp³-hybridized carbons (Fsp3) is 0.463. The fourth-order valence-electron chi connectivity index (χ4n) is 10.6. The number of phenolic OH excluding ortho intramolecular Hbond substituents is 1. The molecule has 12 nitrogen and oxygen atoms in total. The van der Waals surface area contributed by atoms with E-state index < -0.39 is 28.8 Å². The third-order valence-electron chi connectivity index (χ3n) is 12.8. The number of ether oxygens (including phenoxy) is 5. The number of para-hydroxylation sites is 1. The van der Waals surface area contributed by atoms with E-state index in [0.717, 1.165) is 44.3 Å². The molecule has 7 aliphatic heterocycles. The highest BCUT2D eigenvalue weighted by Gasteiger charge is 2.61. The number of nitrogens with one attached hydrogen (secondary N) is 1. The van der Waals surface area contributed by atoms with E-state index in [9.17, 15) is 14.7 Å². The highest BCUT2D eigenvalue weighted by Crippen LogP contribution is 2.64. The third-order valence-corrected chi connectivity index (χ3v) is 14.3. The van der Waals surface area contributed by atoms with Gasteiger partial charge in [-0.05, 0) is 57.9 Å². The number of carbonyl (C=O) groups is 2. The molecular formula is C41H43N3O9S. The molecule has 8 heterocycles. The normalized spacial score (nSPS) is 29.6. The average molecular weight is 754 g/mol. The van der Waals surface area contributed by atoms with Crippen LogP contribution in [0.1, 0.15) is 75.9 Å². The van der Waals surface area contributed by atoms with Gasteiger partial charge in [-0.15, -0.1) is 11.8 Å². The second kappa shape index (κ2) is 12.0. The molecule has 1 unspecified atom stereocenters. The highest BCUT2D eigenvalue weighted by molar-refractivity contribution is 7.99. The number of thioether (sulfide) groups is 1. The number of nitrogens with zero attached hydrogens (tertiary/aromatic N) is 2. The number of fused-ring (bicyclic) bond motifs is 11. The number of aromatic hydroxyl groups is 1. The molecule has 282 valence electrons. The van der Waals surface area contributed by atoms with Crippen molar-refractivity contribution in [3.8, 4) is 28.7 Å². The third kappa shape index (κ3) is 4.43. The second-order valence-electron chi connectivity index (χ2n) is 15.5. The zero-order chi connectivity index (χ0) is 37.4. The molecule has 1 aromatic heterocycles. The topological polar surface area (TPSA) is 132 Å². The number of hydrogen-bond donors (Lipinski definition) is 2. The number of phenols is 1. The van der Waals surface area contributed by atoms with Crippen LogP contribution in [0.2, 0.25) is 0 Å². The average Bonchev–Trinajstić information content (AvgIpc) is 3.80. The first-order valence-corrected chi connectivity index (χ1v) is 19.7. The van der Waals surface area contributed by atoms with Crippen molar-refractivity contribution in [3.05, 3.63) is 75.0 Å². The SMILES string of the molecule is COc1c(C)cc2c(c1O)[C@H]1[C@@H]3[C@@H]4SC[C@]5(NCCc6c5oc5ccccc65)C(=O)OC[C@@H](c5c6c(c(C)c(OC(C)=O)c54)OCO6)N3[C@@H](C)C(C2)N1C. The van der Waals surface area contributed by atoms with Crippen molar-refractivity contribution < 1.29 is 42.8 Å². The Labute approximate surface area is 317 Å². The molecule has 11 rings (SSSR count). The summed E-state index contributed by atoms with van der Waals surface area (Å²) < 4.78 is 37.5. The van der Waals surface area contributed by atoms with E-state index in [4.69, 9.17) is 28.1 Å². The summed E-state index contributed by atoms with van der Waals surface area (Å²) in [5.41, 5.74) is 5.56. The number of rotatable bonds is 2. The second-order valence-corrected chi connectivity index (χ2v) is 16.6. The Balaban J connectivity index is 1.24. The van der Waals surface area contributed by atoms with Crippen molar-refractivity contribution in [1.82, 2.24) is 15.1 Å². The summed E-state index contributed by atoms with van der Waals surface area (Å²) in [7, 11) is 3.73. The summed E-state index contributed by atoms with van der Waals surface area (Å²) in [6.45, 7) is 8.09. The van der Waals surface area contributed by atoms with E-state index in [1.807, 2.05) is 38.1 Å². The van der Waals surface area contributed by atoms with Gasteiger partial charge in [0.1, 0.15) is 23.7 Å². The first kappa shape index (κ1) is 34.1. The first-order valence-electron chi connectivity index (χ1n) is 18.6.